The molecule has 2 heterocycles. The van der Waals surface area contributed by atoms with Gasteiger partial charge in [-0.3, -0.25) is 10.1 Å². The van der Waals surface area contributed by atoms with Crippen LogP contribution in [0.2, 0.25) is 0 Å². The Labute approximate surface area is 123 Å². The molecule has 0 aromatic carbocycles. The number of carbonyl (C=O) groups excluding carboxylic acids is 1. The van der Waals surface area contributed by atoms with Gasteiger partial charge in [0, 0.05) is 19.3 Å². The Hall–Kier alpha value is -0.610. The molecule has 0 radical (unpaired) electrons. The average molecular weight is 282 g/mol. The molecular formula is C16H30N2O2. The second-order valence-corrected chi connectivity index (χ2v) is 6.39. The quantitative estimate of drug-likeness (QED) is 0.842. The molecule has 2 aliphatic rings. The van der Waals surface area contributed by atoms with Gasteiger partial charge in [0.15, 0.2) is 0 Å². The maximum absolute atomic E-state index is 12.8. The monoisotopic (exact) mass is 282 g/mol. The summed E-state index contributed by atoms with van der Waals surface area (Å²) < 4.78 is 5.45. The van der Waals surface area contributed by atoms with Gasteiger partial charge in [-0.25, -0.2) is 0 Å². The largest absolute Gasteiger partial charge is 0.381 e. The smallest absolute Gasteiger partial charge is 0.241 e. The standard InChI is InChI=1S/C16H30N2O2/c1-5-11(3)15-16(19)18(14(6-2)17-15)12(4)13-7-9-20-10-8-13/h11-15,17H,5-10H2,1-4H3. The summed E-state index contributed by atoms with van der Waals surface area (Å²) in [5.74, 6) is 1.30. The van der Waals surface area contributed by atoms with Crippen LogP contribution in [0.25, 0.3) is 0 Å². The average Bonchev–Trinajstić information content (AvgIpc) is 2.83. The van der Waals surface area contributed by atoms with Gasteiger partial charge in [0.05, 0.1) is 12.2 Å². The van der Waals surface area contributed by atoms with Gasteiger partial charge in [-0.15, -0.1) is 0 Å². The van der Waals surface area contributed by atoms with Gasteiger partial charge in [0.2, 0.25) is 5.91 Å². The zero-order valence-electron chi connectivity index (χ0n) is 13.4. The first-order chi connectivity index (χ1) is 9.60. The maximum atomic E-state index is 12.8. The molecule has 0 aromatic heterocycles. The van der Waals surface area contributed by atoms with E-state index >= 15 is 0 Å². The molecule has 2 fully saturated rings. The maximum Gasteiger partial charge on any atom is 0.241 e. The van der Waals surface area contributed by atoms with Crippen LogP contribution in [0.5, 0.6) is 0 Å². The van der Waals surface area contributed by atoms with Crippen LogP contribution in [-0.2, 0) is 9.53 Å². The molecule has 0 bridgehead atoms. The molecule has 4 unspecified atom stereocenters. The second kappa shape index (κ2) is 6.90. The van der Waals surface area contributed by atoms with E-state index in [1.807, 2.05) is 0 Å². The van der Waals surface area contributed by atoms with Gasteiger partial charge >= 0.3 is 0 Å². The summed E-state index contributed by atoms with van der Waals surface area (Å²) >= 11 is 0. The van der Waals surface area contributed by atoms with Crippen molar-refractivity contribution >= 4 is 5.91 Å². The third-order valence-corrected chi connectivity index (χ3v) is 5.21. The molecule has 116 valence electrons. The highest BCUT2D eigenvalue weighted by Gasteiger charge is 2.43. The van der Waals surface area contributed by atoms with Crippen LogP contribution in [0.1, 0.15) is 53.4 Å². The molecule has 1 amide bonds. The minimum atomic E-state index is 0.00670. The fourth-order valence-corrected chi connectivity index (χ4v) is 3.54. The van der Waals surface area contributed by atoms with Crippen LogP contribution in [-0.4, -0.2) is 42.3 Å². The van der Waals surface area contributed by atoms with Crippen molar-refractivity contribution in [2.45, 2.75) is 71.6 Å². The van der Waals surface area contributed by atoms with Crippen molar-refractivity contribution in [3.63, 3.8) is 0 Å². The number of hydrogen-bond donors (Lipinski definition) is 1. The summed E-state index contributed by atoms with van der Waals surface area (Å²) in [4.78, 5) is 14.9. The summed E-state index contributed by atoms with van der Waals surface area (Å²) in [7, 11) is 0. The van der Waals surface area contributed by atoms with Gasteiger partial charge in [-0.05, 0) is 38.0 Å². The Morgan fingerprint density at radius 3 is 2.50 bits per heavy atom. The van der Waals surface area contributed by atoms with Crippen LogP contribution in [0.3, 0.4) is 0 Å². The minimum absolute atomic E-state index is 0.00670. The van der Waals surface area contributed by atoms with E-state index in [0.29, 0.717) is 23.8 Å². The van der Waals surface area contributed by atoms with E-state index in [1.165, 1.54) is 0 Å². The zero-order valence-corrected chi connectivity index (χ0v) is 13.4. The Balaban J connectivity index is 2.09. The second-order valence-electron chi connectivity index (χ2n) is 6.39. The van der Waals surface area contributed by atoms with Crippen LogP contribution in [0, 0.1) is 11.8 Å². The van der Waals surface area contributed by atoms with Crippen molar-refractivity contribution in [2.75, 3.05) is 13.2 Å². The first-order valence-corrected chi connectivity index (χ1v) is 8.26. The number of nitrogens with one attached hydrogen (secondary N) is 1. The third-order valence-electron chi connectivity index (χ3n) is 5.21. The van der Waals surface area contributed by atoms with Crippen molar-refractivity contribution < 1.29 is 9.53 Å². The normalized spacial score (nSPS) is 31.6. The van der Waals surface area contributed by atoms with Gasteiger partial charge in [0.25, 0.3) is 0 Å². The van der Waals surface area contributed by atoms with Crippen molar-refractivity contribution in [3.05, 3.63) is 0 Å². The Bertz CT molecular complexity index is 328. The van der Waals surface area contributed by atoms with Crippen LogP contribution in [0.4, 0.5) is 0 Å². The lowest BCUT2D eigenvalue weighted by Crippen LogP contribution is -2.47. The SMILES string of the molecule is CCC(C)C1NC(CC)N(C(C)C2CCOCC2)C1=O. The van der Waals surface area contributed by atoms with E-state index in [9.17, 15) is 4.79 Å². The number of hydrogen-bond acceptors (Lipinski definition) is 3. The molecule has 0 aliphatic carbocycles. The predicted molar refractivity (Wildman–Crippen MR) is 80.3 cm³/mol. The molecule has 0 spiro atoms. The number of ether oxygens (including phenoxy) is 1. The topological polar surface area (TPSA) is 41.6 Å². The van der Waals surface area contributed by atoms with Crippen molar-refractivity contribution in [1.29, 1.82) is 0 Å². The Morgan fingerprint density at radius 1 is 1.30 bits per heavy atom. The van der Waals surface area contributed by atoms with E-state index in [0.717, 1.165) is 38.9 Å². The molecule has 4 atom stereocenters. The summed E-state index contributed by atoms with van der Waals surface area (Å²) in [6.07, 6.45) is 4.38. The van der Waals surface area contributed by atoms with Gasteiger partial charge in [-0.1, -0.05) is 27.2 Å². The first-order valence-electron chi connectivity index (χ1n) is 8.26. The highest BCUT2D eigenvalue weighted by Crippen LogP contribution is 2.29. The van der Waals surface area contributed by atoms with Crippen LogP contribution < -0.4 is 5.32 Å². The molecule has 2 aliphatic heterocycles. The zero-order chi connectivity index (χ0) is 14.7. The van der Waals surface area contributed by atoms with Gasteiger partial charge < -0.3 is 9.64 Å². The van der Waals surface area contributed by atoms with Gasteiger partial charge in [0.1, 0.15) is 0 Å². The lowest BCUT2D eigenvalue weighted by atomic mass is 9.91. The molecule has 0 aromatic rings. The third kappa shape index (κ3) is 3.01. The summed E-state index contributed by atoms with van der Waals surface area (Å²) in [6.45, 7) is 10.4. The lowest BCUT2D eigenvalue weighted by Gasteiger charge is -2.37. The van der Waals surface area contributed by atoms with Crippen molar-refractivity contribution in [2.24, 2.45) is 11.8 Å². The molecular weight excluding hydrogens is 252 g/mol. The summed E-state index contributed by atoms with van der Waals surface area (Å²) in [5, 5.41) is 3.56. The Kier molecular flexibility index (Phi) is 5.44. The predicted octanol–water partition coefficient (Wildman–Crippen LogP) is 2.38. The number of carbonyl (C=O) groups is 1. The van der Waals surface area contributed by atoms with E-state index in [-0.39, 0.29) is 12.2 Å². The molecule has 4 heteroatoms. The van der Waals surface area contributed by atoms with Crippen LogP contribution >= 0.6 is 0 Å². The molecule has 20 heavy (non-hydrogen) atoms. The molecule has 2 rings (SSSR count). The van der Waals surface area contributed by atoms with E-state index in [2.05, 4.69) is 37.9 Å². The van der Waals surface area contributed by atoms with Crippen molar-refractivity contribution in [1.82, 2.24) is 10.2 Å². The first kappa shape index (κ1) is 15.8. The van der Waals surface area contributed by atoms with E-state index in [1.54, 1.807) is 0 Å². The van der Waals surface area contributed by atoms with Gasteiger partial charge in [-0.2, -0.15) is 0 Å². The molecule has 0 saturated carbocycles. The molecule has 4 nitrogen and oxygen atoms in total. The number of nitrogens with zero attached hydrogens (tertiary/aromatic N) is 1. The summed E-state index contributed by atoms with van der Waals surface area (Å²) in [5.41, 5.74) is 0. The van der Waals surface area contributed by atoms with E-state index < -0.39 is 0 Å². The van der Waals surface area contributed by atoms with Crippen molar-refractivity contribution in [3.8, 4) is 0 Å². The number of amides is 1. The highest BCUT2D eigenvalue weighted by molar-refractivity contribution is 5.85. The highest BCUT2D eigenvalue weighted by atomic mass is 16.5. The molecule has 1 N–H and O–H groups in total. The lowest BCUT2D eigenvalue weighted by molar-refractivity contribution is -0.134. The fourth-order valence-electron chi connectivity index (χ4n) is 3.54. The van der Waals surface area contributed by atoms with Crippen LogP contribution in [0.15, 0.2) is 0 Å². The minimum Gasteiger partial charge on any atom is -0.381 e. The number of rotatable bonds is 5. The summed E-state index contributed by atoms with van der Waals surface area (Å²) in [6, 6.07) is 0.324. The Morgan fingerprint density at radius 2 is 1.95 bits per heavy atom. The molecule has 2 saturated heterocycles. The fraction of sp³-hybridized carbons (Fsp3) is 0.938. The van der Waals surface area contributed by atoms with E-state index in [4.69, 9.17) is 4.74 Å².